The summed E-state index contributed by atoms with van der Waals surface area (Å²) >= 11 is 1.42. The van der Waals surface area contributed by atoms with Gasteiger partial charge in [-0.1, -0.05) is 30.0 Å². The van der Waals surface area contributed by atoms with Crippen molar-refractivity contribution in [2.24, 2.45) is 4.99 Å². The molecule has 0 radical (unpaired) electrons. The molecule has 3 aromatic rings. The third kappa shape index (κ3) is 4.74. The number of pyridine rings is 1. The zero-order valence-electron chi connectivity index (χ0n) is 21.3. The standard InChI is InChI=1S/C26H27N7O3S/c1-15-19(33-13-17-12-27-24(37-5)30-21(17)32(4)25(33)35)11-18(29-22(34)16-9-7-6-8-10-16)20(28-15)23-31-26(2,3)14-36-23/h6-12H,13-14H2,1-5H3,(H,29,34). The Hall–Kier alpha value is -3.99. The number of aliphatic imine (C=N–C) groups is 1. The second kappa shape index (κ2) is 9.47. The Labute approximate surface area is 219 Å². The van der Waals surface area contributed by atoms with Crippen molar-refractivity contribution >= 4 is 46.8 Å². The van der Waals surface area contributed by atoms with E-state index in [1.807, 2.05) is 33.1 Å². The van der Waals surface area contributed by atoms with Crippen molar-refractivity contribution < 1.29 is 14.3 Å². The molecule has 10 nitrogen and oxygen atoms in total. The van der Waals surface area contributed by atoms with Gasteiger partial charge in [-0.05, 0) is 45.2 Å². The maximum Gasteiger partial charge on any atom is 0.330 e. The average molecular weight is 518 g/mol. The second-order valence-corrected chi connectivity index (χ2v) is 10.2. The van der Waals surface area contributed by atoms with Gasteiger partial charge in [0.15, 0.2) is 5.16 Å². The second-order valence-electron chi connectivity index (χ2n) is 9.46. The smallest absolute Gasteiger partial charge is 0.330 e. The first-order valence-corrected chi connectivity index (χ1v) is 13.0. The fourth-order valence-electron chi connectivity index (χ4n) is 4.20. The van der Waals surface area contributed by atoms with E-state index in [1.54, 1.807) is 48.5 Å². The van der Waals surface area contributed by atoms with Gasteiger partial charge < -0.3 is 10.1 Å². The molecule has 0 unspecified atom stereocenters. The molecule has 0 fully saturated rings. The molecule has 2 aliphatic rings. The van der Waals surface area contributed by atoms with Crippen LogP contribution in [0.5, 0.6) is 0 Å². The summed E-state index contributed by atoms with van der Waals surface area (Å²) in [6, 6.07) is 10.4. The summed E-state index contributed by atoms with van der Waals surface area (Å²) in [5.74, 6) is 0.631. The van der Waals surface area contributed by atoms with Crippen LogP contribution in [0.3, 0.4) is 0 Å². The van der Waals surface area contributed by atoms with Crippen LogP contribution < -0.4 is 15.1 Å². The first-order chi connectivity index (χ1) is 17.7. The molecular formula is C26H27N7O3S. The highest BCUT2D eigenvalue weighted by Gasteiger charge is 2.34. The molecule has 2 aliphatic heterocycles. The predicted molar refractivity (Wildman–Crippen MR) is 144 cm³/mol. The highest BCUT2D eigenvalue weighted by atomic mass is 32.2. The summed E-state index contributed by atoms with van der Waals surface area (Å²) in [4.78, 5) is 48.0. The van der Waals surface area contributed by atoms with Crippen LogP contribution in [0.4, 0.5) is 22.0 Å². The molecule has 190 valence electrons. The SMILES string of the molecule is CSc1ncc2c(n1)N(C)C(=O)N(c1cc(NC(=O)c3ccccc3)c(C3=NC(C)(C)CO3)nc1C)C2. The maximum atomic E-state index is 13.4. The number of nitrogens with zero attached hydrogens (tertiary/aromatic N) is 6. The van der Waals surface area contributed by atoms with E-state index in [0.29, 0.717) is 51.8 Å². The van der Waals surface area contributed by atoms with Crippen LogP contribution in [0.1, 0.15) is 41.2 Å². The summed E-state index contributed by atoms with van der Waals surface area (Å²) in [6.07, 6.45) is 3.63. The van der Waals surface area contributed by atoms with Crippen LogP contribution in [-0.4, -0.2) is 58.2 Å². The number of fused-ring (bicyclic) bond motifs is 1. The lowest BCUT2D eigenvalue weighted by Crippen LogP contribution is -2.46. The van der Waals surface area contributed by atoms with E-state index in [1.165, 1.54) is 16.7 Å². The Morgan fingerprint density at radius 2 is 1.95 bits per heavy atom. The molecule has 0 saturated carbocycles. The van der Waals surface area contributed by atoms with Crippen LogP contribution in [-0.2, 0) is 11.3 Å². The van der Waals surface area contributed by atoms with E-state index in [-0.39, 0.29) is 18.5 Å². The number of amides is 3. The van der Waals surface area contributed by atoms with Gasteiger partial charge in [0.05, 0.1) is 29.2 Å². The van der Waals surface area contributed by atoms with Crippen molar-refractivity contribution in [3.8, 4) is 0 Å². The number of carbonyl (C=O) groups is 2. The van der Waals surface area contributed by atoms with E-state index in [2.05, 4.69) is 20.3 Å². The molecule has 1 aromatic carbocycles. The van der Waals surface area contributed by atoms with Crippen LogP contribution >= 0.6 is 11.8 Å². The number of ether oxygens (including phenoxy) is 1. The van der Waals surface area contributed by atoms with E-state index >= 15 is 0 Å². The predicted octanol–water partition coefficient (Wildman–Crippen LogP) is 4.29. The number of nitrogens with one attached hydrogen (secondary N) is 1. The number of anilines is 3. The zero-order chi connectivity index (χ0) is 26.3. The minimum absolute atomic E-state index is 0.258. The number of carbonyl (C=O) groups excluding carboxylic acids is 2. The molecule has 0 spiro atoms. The maximum absolute atomic E-state index is 13.4. The molecule has 0 bridgehead atoms. The monoisotopic (exact) mass is 517 g/mol. The minimum Gasteiger partial charge on any atom is -0.474 e. The average Bonchev–Trinajstić information content (AvgIpc) is 3.26. The molecule has 0 atom stereocenters. The first-order valence-electron chi connectivity index (χ1n) is 11.7. The van der Waals surface area contributed by atoms with E-state index in [9.17, 15) is 9.59 Å². The highest BCUT2D eigenvalue weighted by Crippen LogP contribution is 2.35. The normalized spacial score (nSPS) is 16.2. The number of aromatic nitrogens is 3. The summed E-state index contributed by atoms with van der Waals surface area (Å²) in [6.45, 7) is 6.42. The van der Waals surface area contributed by atoms with Gasteiger partial charge in [0, 0.05) is 24.4 Å². The number of aryl methyl sites for hydroxylation is 1. The van der Waals surface area contributed by atoms with Crippen LogP contribution in [0, 0.1) is 6.92 Å². The molecule has 4 heterocycles. The summed E-state index contributed by atoms with van der Waals surface area (Å²) < 4.78 is 5.86. The summed E-state index contributed by atoms with van der Waals surface area (Å²) in [5.41, 5.74) is 2.87. The Kier molecular flexibility index (Phi) is 6.32. The quantitative estimate of drug-likeness (QED) is 0.397. The van der Waals surface area contributed by atoms with Crippen LogP contribution in [0.2, 0.25) is 0 Å². The number of hydrogen-bond acceptors (Lipinski definition) is 8. The van der Waals surface area contributed by atoms with Crippen molar-refractivity contribution in [1.29, 1.82) is 0 Å². The van der Waals surface area contributed by atoms with Crippen molar-refractivity contribution in [2.45, 2.75) is 38.0 Å². The minimum atomic E-state index is -0.408. The van der Waals surface area contributed by atoms with Gasteiger partial charge in [0.2, 0.25) is 5.90 Å². The lowest BCUT2D eigenvalue weighted by molar-refractivity contribution is 0.102. The molecule has 5 rings (SSSR count). The molecule has 1 N–H and O–H groups in total. The zero-order valence-corrected chi connectivity index (χ0v) is 22.1. The van der Waals surface area contributed by atoms with Gasteiger partial charge in [0.1, 0.15) is 18.1 Å². The molecule has 3 amide bonds. The number of thioether (sulfide) groups is 1. The van der Waals surface area contributed by atoms with E-state index < -0.39 is 5.54 Å². The molecule has 0 saturated heterocycles. The Morgan fingerprint density at radius 1 is 1.19 bits per heavy atom. The van der Waals surface area contributed by atoms with Crippen molar-refractivity contribution in [3.63, 3.8) is 0 Å². The van der Waals surface area contributed by atoms with Gasteiger partial charge in [0.25, 0.3) is 5.91 Å². The lowest BCUT2D eigenvalue weighted by atomic mass is 10.1. The third-order valence-corrected chi connectivity index (χ3v) is 6.66. The Morgan fingerprint density at radius 3 is 2.62 bits per heavy atom. The van der Waals surface area contributed by atoms with Gasteiger partial charge in [-0.25, -0.2) is 24.7 Å². The number of benzene rings is 1. The number of rotatable bonds is 5. The first kappa shape index (κ1) is 24.7. The van der Waals surface area contributed by atoms with Gasteiger partial charge in [-0.2, -0.15) is 0 Å². The third-order valence-electron chi connectivity index (χ3n) is 6.10. The van der Waals surface area contributed by atoms with Gasteiger partial charge >= 0.3 is 6.03 Å². The molecule has 0 aliphatic carbocycles. The highest BCUT2D eigenvalue weighted by molar-refractivity contribution is 7.98. The fraction of sp³-hybridized carbons (Fsp3) is 0.308. The largest absolute Gasteiger partial charge is 0.474 e. The van der Waals surface area contributed by atoms with Crippen molar-refractivity contribution in [1.82, 2.24) is 15.0 Å². The van der Waals surface area contributed by atoms with Crippen molar-refractivity contribution in [3.05, 3.63) is 65.1 Å². The summed E-state index contributed by atoms with van der Waals surface area (Å²) in [7, 11) is 1.68. The summed E-state index contributed by atoms with van der Waals surface area (Å²) in [5, 5.41) is 3.55. The molecule has 37 heavy (non-hydrogen) atoms. The van der Waals surface area contributed by atoms with Gasteiger partial charge in [-0.15, -0.1) is 0 Å². The topological polar surface area (TPSA) is 113 Å². The molecular weight excluding hydrogens is 490 g/mol. The Bertz CT molecular complexity index is 1430. The fourth-order valence-corrected chi connectivity index (χ4v) is 4.53. The van der Waals surface area contributed by atoms with E-state index in [4.69, 9.17) is 9.72 Å². The van der Waals surface area contributed by atoms with Crippen LogP contribution in [0.15, 0.2) is 52.7 Å². The van der Waals surface area contributed by atoms with Crippen LogP contribution in [0.25, 0.3) is 0 Å². The number of hydrogen-bond donors (Lipinski definition) is 1. The lowest BCUT2D eigenvalue weighted by Gasteiger charge is -2.34. The van der Waals surface area contributed by atoms with Crippen molar-refractivity contribution in [2.75, 3.05) is 35.0 Å². The molecule has 2 aromatic heterocycles. The van der Waals surface area contributed by atoms with E-state index in [0.717, 1.165) is 5.56 Å². The number of urea groups is 1. The molecule has 11 heteroatoms. The van der Waals surface area contributed by atoms with Gasteiger partial charge in [-0.3, -0.25) is 14.6 Å². The Balaban J connectivity index is 1.58.